The smallest absolute Gasteiger partial charge is 0.444 e. The molecule has 1 amide bonds. The Morgan fingerprint density at radius 2 is 1.71 bits per heavy atom. The minimum Gasteiger partial charge on any atom is -0.444 e. The van der Waals surface area contributed by atoms with E-state index >= 15 is 0 Å². The number of rotatable bonds is 15. The summed E-state index contributed by atoms with van der Waals surface area (Å²) in [7, 11) is -7.05. The molecule has 2 aromatic rings. The quantitative estimate of drug-likeness (QED) is 0.0563. The van der Waals surface area contributed by atoms with Crippen molar-refractivity contribution >= 4 is 82.5 Å². The normalized spacial score (nSPS) is 12.3. The van der Waals surface area contributed by atoms with E-state index in [2.05, 4.69) is 60.1 Å². The lowest BCUT2D eigenvalue weighted by atomic mass is 10.2. The highest BCUT2D eigenvalue weighted by molar-refractivity contribution is 7.80. The van der Waals surface area contributed by atoms with Crippen molar-refractivity contribution in [3.63, 3.8) is 0 Å². The fourth-order valence-electron chi connectivity index (χ4n) is 3.00. The molecule has 0 aliphatic rings. The molecule has 1 aromatic heterocycles. The number of nitrogens with one attached hydrogen (secondary N) is 2. The van der Waals surface area contributed by atoms with Crippen molar-refractivity contribution < 1.29 is 27.7 Å². The van der Waals surface area contributed by atoms with Gasteiger partial charge in [-0.2, -0.15) is 5.10 Å². The lowest BCUT2D eigenvalue weighted by Crippen LogP contribution is -2.24. The van der Waals surface area contributed by atoms with Crippen LogP contribution in [0.2, 0.25) is 61.4 Å². The minimum atomic E-state index is -4.06. The van der Waals surface area contributed by atoms with Crippen LogP contribution >= 0.6 is 43.2 Å². The van der Waals surface area contributed by atoms with Crippen LogP contribution in [-0.2, 0) is 25.0 Å². The number of ether oxygens (including phenoxy) is 1. The van der Waals surface area contributed by atoms with E-state index in [-0.39, 0.29) is 46.3 Å². The van der Waals surface area contributed by atoms with E-state index in [0.29, 0.717) is 11.4 Å². The number of hydrogen-bond acceptors (Lipinski definition) is 9. The van der Waals surface area contributed by atoms with Gasteiger partial charge in [-0.15, -0.1) is 0 Å². The third kappa shape index (κ3) is 13.5. The summed E-state index contributed by atoms with van der Waals surface area (Å²) in [4.78, 5) is 16.9. The maximum Gasteiger partial charge on any atom is 0.530 e. The topological polar surface area (TPSA) is 146 Å². The molecule has 0 atom stereocenters. The fourth-order valence-corrected chi connectivity index (χ4v) is 6.43. The molecule has 4 N–H and O–H groups in total. The highest BCUT2D eigenvalue weighted by atomic mass is 35.5. The molecular weight excluding hydrogens is 656 g/mol. The average molecular weight is 695 g/mol. The van der Waals surface area contributed by atoms with Gasteiger partial charge in [0.15, 0.2) is 5.11 Å². The molecule has 232 valence electrons. The first kappa shape index (κ1) is 36.2. The van der Waals surface area contributed by atoms with Crippen LogP contribution in [0.25, 0.3) is 0 Å². The van der Waals surface area contributed by atoms with Crippen molar-refractivity contribution in [1.29, 1.82) is 0 Å². The number of aromatic nitrogens is 1. The molecule has 0 saturated heterocycles. The standard InChI is InChI=1S/C25H38Cl2N5O6PSSi2/c1-41(2,3)14-12-36-39(34,37-13-15-42(4,5)6)38-22-10-9-19(26)23(27)18(22)17-35-25(33)31-20-8-7-11-29-21(20)16-30-32-24(28)40/h7-11,16H,12-15,17H2,1-6H3,(H,31,33)(H3,28,32,40)/b30-16+. The average Bonchev–Trinajstić information content (AvgIpc) is 2.85. The molecule has 1 heterocycles. The van der Waals surface area contributed by atoms with E-state index in [4.69, 9.17) is 59.5 Å². The zero-order valence-electron chi connectivity index (χ0n) is 24.5. The molecule has 0 spiro atoms. The number of carbonyl (C=O) groups is 1. The number of hydrazone groups is 1. The molecule has 0 bridgehead atoms. The number of amides is 1. The van der Waals surface area contributed by atoms with Gasteiger partial charge in [0.1, 0.15) is 18.1 Å². The summed E-state index contributed by atoms with van der Waals surface area (Å²) in [5.74, 6) is 0.0552. The van der Waals surface area contributed by atoms with Crippen LogP contribution in [0.1, 0.15) is 11.3 Å². The van der Waals surface area contributed by atoms with Crippen molar-refractivity contribution in [2.24, 2.45) is 10.8 Å². The summed E-state index contributed by atoms with van der Waals surface area (Å²) in [6, 6.07) is 7.69. The van der Waals surface area contributed by atoms with E-state index in [1.165, 1.54) is 24.5 Å². The second kappa shape index (κ2) is 16.2. The molecule has 11 nitrogen and oxygen atoms in total. The molecule has 42 heavy (non-hydrogen) atoms. The lowest BCUT2D eigenvalue weighted by Gasteiger charge is -2.24. The van der Waals surface area contributed by atoms with Crippen LogP contribution < -0.4 is 21.0 Å². The van der Waals surface area contributed by atoms with Crippen LogP contribution in [0.4, 0.5) is 10.5 Å². The number of nitrogens with two attached hydrogens (primary N) is 1. The van der Waals surface area contributed by atoms with Gasteiger partial charge >= 0.3 is 13.9 Å². The third-order valence-electron chi connectivity index (χ3n) is 5.35. The number of phosphoric ester groups is 1. The van der Waals surface area contributed by atoms with Gasteiger partial charge in [0.2, 0.25) is 0 Å². The van der Waals surface area contributed by atoms with E-state index in [1.807, 2.05) is 0 Å². The van der Waals surface area contributed by atoms with Crippen LogP contribution in [0, 0.1) is 0 Å². The Labute approximate surface area is 264 Å². The number of benzene rings is 1. The van der Waals surface area contributed by atoms with Gasteiger partial charge in [0.25, 0.3) is 0 Å². The van der Waals surface area contributed by atoms with Gasteiger partial charge in [0.05, 0.1) is 40.7 Å². The largest absolute Gasteiger partial charge is 0.530 e. The SMILES string of the molecule is C[Si](C)(C)CCOP(=O)(OCC[Si](C)(C)C)Oc1ccc(Cl)c(Cl)c1COC(=O)Nc1cccnc1/C=N/NC(N)=S. The molecule has 0 fully saturated rings. The van der Waals surface area contributed by atoms with E-state index in [9.17, 15) is 9.36 Å². The van der Waals surface area contributed by atoms with E-state index < -0.39 is 30.1 Å². The van der Waals surface area contributed by atoms with Gasteiger partial charge in [-0.1, -0.05) is 62.5 Å². The number of halogens is 2. The van der Waals surface area contributed by atoms with Crippen molar-refractivity contribution in [2.75, 3.05) is 18.5 Å². The molecule has 0 aliphatic carbocycles. The predicted octanol–water partition coefficient (Wildman–Crippen LogP) is 7.50. The summed E-state index contributed by atoms with van der Waals surface area (Å²) < 4.78 is 36.5. The molecule has 2 rings (SSSR count). The van der Waals surface area contributed by atoms with Gasteiger partial charge in [-0.3, -0.25) is 24.8 Å². The minimum absolute atomic E-state index is 0.0278. The van der Waals surface area contributed by atoms with Gasteiger partial charge in [-0.25, -0.2) is 9.36 Å². The first-order valence-corrected chi connectivity index (χ1v) is 23.0. The Morgan fingerprint density at radius 3 is 2.29 bits per heavy atom. The van der Waals surface area contributed by atoms with Gasteiger partial charge in [0, 0.05) is 22.3 Å². The van der Waals surface area contributed by atoms with Crippen molar-refractivity contribution in [2.45, 2.75) is 58.0 Å². The number of nitrogens with zero attached hydrogens (tertiary/aromatic N) is 2. The first-order chi connectivity index (χ1) is 19.5. The summed E-state index contributed by atoms with van der Waals surface area (Å²) in [5.41, 5.74) is 8.58. The predicted molar refractivity (Wildman–Crippen MR) is 178 cm³/mol. The van der Waals surface area contributed by atoms with Gasteiger partial charge in [-0.05, 0) is 48.6 Å². The Hall–Kier alpha value is -2.04. The first-order valence-electron chi connectivity index (χ1n) is 13.0. The molecule has 0 radical (unpaired) electrons. The van der Waals surface area contributed by atoms with Crippen molar-refractivity contribution in [1.82, 2.24) is 10.4 Å². The zero-order chi connectivity index (χ0) is 31.6. The molecular formula is C25H38Cl2N5O6PSSi2. The van der Waals surface area contributed by atoms with Crippen LogP contribution in [0.15, 0.2) is 35.6 Å². The number of phosphoric acid groups is 1. The fraction of sp³-hybridized carbons (Fsp3) is 0.440. The summed E-state index contributed by atoms with van der Waals surface area (Å²) in [6.45, 7) is 13.1. The number of carbonyl (C=O) groups excluding carboxylic acids is 1. The highest BCUT2D eigenvalue weighted by Crippen LogP contribution is 2.52. The maximum atomic E-state index is 13.8. The molecule has 17 heteroatoms. The molecule has 1 aromatic carbocycles. The second-order valence-corrected chi connectivity index (χ2v) is 25.6. The number of anilines is 1. The molecule has 0 aliphatic heterocycles. The van der Waals surface area contributed by atoms with Crippen molar-refractivity contribution in [3.05, 3.63) is 51.8 Å². The third-order valence-corrected chi connectivity index (χ3v) is 11.1. The van der Waals surface area contributed by atoms with Crippen LogP contribution in [0.3, 0.4) is 0 Å². The Bertz CT molecular complexity index is 1300. The van der Waals surface area contributed by atoms with Crippen LogP contribution in [0.5, 0.6) is 5.75 Å². The Kier molecular flexibility index (Phi) is 13.9. The number of hydrogen-bond donors (Lipinski definition) is 3. The van der Waals surface area contributed by atoms with Crippen molar-refractivity contribution in [3.8, 4) is 5.75 Å². The van der Waals surface area contributed by atoms with Crippen LogP contribution in [-0.4, -0.2) is 51.8 Å². The van der Waals surface area contributed by atoms with E-state index in [0.717, 1.165) is 12.1 Å². The maximum absolute atomic E-state index is 13.8. The molecule has 0 unspecified atom stereocenters. The Morgan fingerprint density at radius 1 is 1.10 bits per heavy atom. The number of thiocarbonyl (C=S) groups is 1. The monoisotopic (exact) mass is 693 g/mol. The Balaban J connectivity index is 2.22. The molecule has 0 saturated carbocycles. The summed E-state index contributed by atoms with van der Waals surface area (Å²) >= 11 is 17.4. The summed E-state index contributed by atoms with van der Waals surface area (Å²) in [5, 5.41) is 6.66. The summed E-state index contributed by atoms with van der Waals surface area (Å²) in [6.07, 6.45) is 2.02. The number of pyridine rings is 1. The lowest BCUT2D eigenvalue weighted by molar-refractivity contribution is 0.151. The second-order valence-electron chi connectivity index (χ2n) is 11.5. The highest BCUT2D eigenvalue weighted by Gasteiger charge is 2.32. The zero-order valence-corrected chi connectivity index (χ0v) is 29.8. The van der Waals surface area contributed by atoms with Gasteiger partial charge < -0.3 is 15.0 Å². The van der Waals surface area contributed by atoms with E-state index in [1.54, 1.807) is 12.1 Å².